The molecule has 0 aliphatic heterocycles. The van der Waals surface area contributed by atoms with Crippen LogP contribution in [0.25, 0.3) is 0 Å². The highest BCUT2D eigenvalue weighted by molar-refractivity contribution is 5.83. The van der Waals surface area contributed by atoms with Crippen LogP contribution in [-0.2, 0) is 20.9 Å². The van der Waals surface area contributed by atoms with E-state index < -0.39 is 59.0 Å². The van der Waals surface area contributed by atoms with Crippen molar-refractivity contribution < 1.29 is 50.5 Å². The largest absolute Gasteiger partial charge is 0.445 e. The highest BCUT2D eigenvalue weighted by Crippen LogP contribution is 2.29. The normalized spacial score (nSPS) is 11.1. The zero-order valence-corrected chi connectivity index (χ0v) is 19.1. The molecule has 0 aliphatic carbocycles. The van der Waals surface area contributed by atoms with Crippen LogP contribution < -0.4 is 15.4 Å². The number of halogens is 5. The van der Waals surface area contributed by atoms with E-state index in [1.54, 1.807) is 30.3 Å². The summed E-state index contributed by atoms with van der Waals surface area (Å²) in [7, 11) is 0. The van der Waals surface area contributed by atoms with E-state index in [9.17, 15) is 36.3 Å². The van der Waals surface area contributed by atoms with Crippen LogP contribution >= 0.6 is 0 Å². The number of nitrogens with one attached hydrogen (secondary N) is 2. The number of carbonyl (C=O) groups is 3. The number of ether oxygens (including phenoxy) is 3. The molecule has 13 heteroatoms. The van der Waals surface area contributed by atoms with E-state index in [2.05, 4.69) is 26.0 Å². The minimum atomic E-state index is -2.43. The standard InChI is InChI=1S/C24H21F5N2O6/c1-2-12-35-23(33)30-11-7-6-10-15(31-24(34)36-13-14-8-4-3-5-9-14)22(32)37-21-19(28)17(26)16(25)18(27)20(21)29/h1,3-5,8-9,15H,6-7,10-13H2,(H,30,33)(H,31,34)/t15-/m0/s1. The van der Waals surface area contributed by atoms with Crippen molar-refractivity contribution in [2.75, 3.05) is 13.2 Å². The highest BCUT2D eigenvalue weighted by atomic mass is 19.2. The predicted molar refractivity (Wildman–Crippen MR) is 117 cm³/mol. The first-order valence-electron chi connectivity index (χ1n) is 10.7. The predicted octanol–water partition coefficient (Wildman–Crippen LogP) is 4.11. The van der Waals surface area contributed by atoms with Gasteiger partial charge in [-0.1, -0.05) is 36.3 Å². The van der Waals surface area contributed by atoms with Crippen molar-refractivity contribution in [3.8, 4) is 18.1 Å². The summed E-state index contributed by atoms with van der Waals surface area (Å²) >= 11 is 0. The van der Waals surface area contributed by atoms with Crippen LogP contribution in [0.4, 0.5) is 31.5 Å². The number of hydrogen-bond acceptors (Lipinski definition) is 6. The number of unbranched alkanes of at least 4 members (excludes halogenated alkanes) is 1. The van der Waals surface area contributed by atoms with E-state index in [0.717, 1.165) is 0 Å². The highest BCUT2D eigenvalue weighted by Gasteiger charge is 2.31. The SMILES string of the molecule is C#CCOC(=O)NCCCC[C@H](NC(=O)OCc1ccccc1)C(=O)Oc1c(F)c(F)c(F)c(F)c1F. The Hall–Kier alpha value is -4.34. The van der Waals surface area contributed by atoms with E-state index >= 15 is 0 Å². The van der Waals surface area contributed by atoms with Crippen molar-refractivity contribution in [3.63, 3.8) is 0 Å². The van der Waals surface area contributed by atoms with Gasteiger partial charge in [-0.3, -0.25) is 0 Å². The number of esters is 1. The Morgan fingerprint density at radius 3 is 2.11 bits per heavy atom. The Bertz CT molecular complexity index is 1130. The van der Waals surface area contributed by atoms with E-state index in [-0.39, 0.29) is 39.0 Å². The summed E-state index contributed by atoms with van der Waals surface area (Å²) in [5.41, 5.74) is 0.612. The summed E-state index contributed by atoms with van der Waals surface area (Å²) in [6.07, 6.45) is 3.21. The van der Waals surface area contributed by atoms with Crippen LogP contribution in [0.15, 0.2) is 30.3 Å². The molecule has 1 atom stereocenters. The number of hydrogen-bond donors (Lipinski definition) is 2. The third-order valence-electron chi connectivity index (χ3n) is 4.64. The lowest BCUT2D eigenvalue weighted by Gasteiger charge is -2.18. The van der Waals surface area contributed by atoms with Gasteiger partial charge < -0.3 is 24.8 Å². The third-order valence-corrected chi connectivity index (χ3v) is 4.64. The number of terminal acetylenes is 1. The lowest BCUT2D eigenvalue weighted by Crippen LogP contribution is -2.43. The first-order chi connectivity index (χ1) is 17.6. The molecule has 0 fully saturated rings. The van der Waals surface area contributed by atoms with Crippen LogP contribution in [0.3, 0.4) is 0 Å². The fraction of sp³-hybridized carbons (Fsp3) is 0.292. The Morgan fingerprint density at radius 2 is 1.49 bits per heavy atom. The lowest BCUT2D eigenvalue weighted by atomic mass is 10.1. The van der Waals surface area contributed by atoms with Crippen molar-refractivity contribution in [1.29, 1.82) is 0 Å². The van der Waals surface area contributed by atoms with Crippen LogP contribution in [-0.4, -0.2) is 37.3 Å². The molecule has 2 aromatic rings. The quantitative estimate of drug-likeness (QED) is 0.0866. The van der Waals surface area contributed by atoms with Crippen LogP contribution in [0.5, 0.6) is 5.75 Å². The van der Waals surface area contributed by atoms with Gasteiger partial charge in [0.1, 0.15) is 12.6 Å². The number of alkyl carbamates (subject to hydrolysis) is 2. The van der Waals surface area contributed by atoms with Crippen molar-refractivity contribution >= 4 is 18.2 Å². The summed E-state index contributed by atoms with van der Waals surface area (Å²) in [6.45, 7) is -0.358. The molecule has 0 bridgehead atoms. The molecule has 0 saturated carbocycles. The number of carbonyl (C=O) groups excluding carboxylic acids is 3. The average Bonchev–Trinajstić information content (AvgIpc) is 2.90. The molecule has 0 radical (unpaired) electrons. The van der Waals surface area contributed by atoms with Crippen molar-refractivity contribution in [3.05, 3.63) is 65.0 Å². The van der Waals surface area contributed by atoms with Gasteiger partial charge in [-0.2, -0.15) is 8.78 Å². The summed E-state index contributed by atoms with van der Waals surface area (Å²) in [5.74, 6) is -13.0. The number of rotatable bonds is 11. The van der Waals surface area contributed by atoms with E-state index in [4.69, 9.17) is 11.2 Å². The van der Waals surface area contributed by atoms with Gasteiger partial charge in [0.25, 0.3) is 0 Å². The summed E-state index contributed by atoms with van der Waals surface area (Å²) in [5, 5.41) is 4.51. The second kappa shape index (κ2) is 14.3. The second-order valence-corrected chi connectivity index (χ2v) is 7.28. The molecule has 8 nitrogen and oxygen atoms in total. The zero-order valence-electron chi connectivity index (χ0n) is 19.1. The van der Waals surface area contributed by atoms with Crippen LogP contribution in [0.2, 0.25) is 0 Å². The maximum absolute atomic E-state index is 13.9. The maximum Gasteiger partial charge on any atom is 0.408 e. The fourth-order valence-corrected chi connectivity index (χ4v) is 2.82. The number of amides is 2. The third kappa shape index (κ3) is 8.68. The molecule has 37 heavy (non-hydrogen) atoms. The molecule has 0 spiro atoms. The summed E-state index contributed by atoms with van der Waals surface area (Å²) in [6, 6.07) is 6.83. The molecule has 0 heterocycles. The first kappa shape index (κ1) is 28.9. The number of benzene rings is 2. The Balaban J connectivity index is 2.05. The maximum atomic E-state index is 13.9. The topological polar surface area (TPSA) is 103 Å². The minimum absolute atomic E-state index is 0.0707. The molecule has 0 aromatic heterocycles. The summed E-state index contributed by atoms with van der Waals surface area (Å²) in [4.78, 5) is 36.1. The molecular formula is C24H21F5N2O6. The zero-order chi connectivity index (χ0) is 27.4. The monoisotopic (exact) mass is 528 g/mol. The van der Waals surface area contributed by atoms with Gasteiger partial charge >= 0.3 is 18.2 Å². The second-order valence-electron chi connectivity index (χ2n) is 7.28. The smallest absolute Gasteiger partial charge is 0.408 e. The molecule has 0 aliphatic rings. The molecule has 198 valence electrons. The molecule has 2 N–H and O–H groups in total. The first-order valence-corrected chi connectivity index (χ1v) is 10.7. The fourth-order valence-electron chi connectivity index (χ4n) is 2.82. The lowest BCUT2D eigenvalue weighted by molar-refractivity contribution is -0.137. The summed E-state index contributed by atoms with van der Waals surface area (Å²) < 4.78 is 82.1. The van der Waals surface area contributed by atoms with Crippen molar-refractivity contribution in [2.45, 2.75) is 31.9 Å². The van der Waals surface area contributed by atoms with Crippen molar-refractivity contribution in [2.24, 2.45) is 0 Å². The average molecular weight is 528 g/mol. The van der Waals surface area contributed by atoms with Crippen LogP contribution in [0.1, 0.15) is 24.8 Å². The van der Waals surface area contributed by atoms with Gasteiger partial charge in [-0.15, -0.1) is 6.42 Å². The van der Waals surface area contributed by atoms with E-state index in [0.29, 0.717) is 5.56 Å². The molecule has 2 aromatic carbocycles. The van der Waals surface area contributed by atoms with Gasteiger partial charge in [-0.05, 0) is 24.8 Å². The molecule has 2 amide bonds. The van der Waals surface area contributed by atoms with E-state index in [1.165, 1.54) is 0 Å². The Kier molecular flexibility index (Phi) is 11.1. The molecular weight excluding hydrogens is 507 g/mol. The molecule has 0 unspecified atom stereocenters. The molecule has 2 rings (SSSR count). The van der Waals surface area contributed by atoms with Gasteiger partial charge in [0.2, 0.25) is 34.8 Å². The Labute approximate surface area is 208 Å². The Morgan fingerprint density at radius 1 is 0.865 bits per heavy atom. The van der Waals surface area contributed by atoms with Gasteiger partial charge in [0.15, 0.2) is 6.61 Å². The minimum Gasteiger partial charge on any atom is -0.445 e. The van der Waals surface area contributed by atoms with Gasteiger partial charge in [0.05, 0.1) is 0 Å². The molecule has 0 saturated heterocycles. The van der Waals surface area contributed by atoms with Crippen LogP contribution in [0, 0.1) is 41.4 Å². The van der Waals surface area contributed by atoms with Crippen molar-refractivity contribution in [1.82, 2.24) is 10.6 Å². The van der Waals surface area contributed by atoms with E-state index in [1.807, 2.05) is 0 Å². The van der Waals surface area contributed by atoms with Gasteiger partial charge in [-0.25, -0.2) is 27.6 Å². The van der Waals surface area contributed by atoms with Gasteiger partial charge in [0, 0.05) is 6.54 Å².